The van der Waals surface area contributed by atoms with Crippen molar-refractivity contribution in [1.29, 1.82) is 0 Å². The number of rotatable bonds is 6. The molecule has 0 heterocycles. The van der Waals surface area contributed by atoms with Crippen LogP contribution in [0.3, 0.4) is 0 Å². The smallest absolute Gasteiger partial charge is 0.426 e. The fourth-order valence-electron chi connectivity index (χ4n) is 6.03. The highest BCUT2D eigenvalue weighted by Gasteiger charge is 2.56. The molecule has 5 rings (SSSR count). The van der Waals surface area contributed by atoms with Crippen molar-refractivity contribution in [2.75, 3.05) is 5.75 Å². The Morgan fingerprint density at radius 3 is 2.15 bits per heavy atom. The fourth-order valence-corrected chi connectivity index (χ4v) is 6.67. The summed E-state index contributed by atoms with van der Waals surface area (Å²) in [5.74, 6) is -2.69. The second-order valence-electron chi connectivity index (χ2n) is 9.77. The Morgan fingerprint density at radius 2 is 1.67 bits per heavy atom. The van der Waals surface area contributed by atoms with Crippen LogP contribution in [0.4, 0.5) is 13.2 Å². The minimum Gasteiger partial charge on any atom is -0.448 e. The standard InChI is InChI=1S/C22H25F3O7S/c1-12-2-3-16(19(26)32-18(22(23,24)25)11-33(28,29)30)17(4-12)31-20(27)21-8-13-5-14(9-21)7-15(6-13)10-21/h2-4,13-15,18H,5-11H2,1H3,(H,28,29,30). The maximum atomic E-state index is 13.3. The molecule has 0 spiro atoms. The Bertz CT molecular complexity index is 1030. The van der Waals surface area contributed by atoms with Gasteiger partial charge in [0.15, 0.2) is 0 Å². The van der Waals surface area contributed by atoms with Gasteiger partial charge in [0.1, 0.15) is 17.1 Å². The molecule has 0 aromatic heterocycles. The summed E-state index contributed by atoms with van der Waals surface area (Å²) in [6.45, 7) is 1.66. The van der Waals surface area contributed by atoms with Gasteiger partial charge in [-0.25, -0.2) is 4.79 Å². The SMILES string of the molecule is Cc1ccc(C(=O)OC(CS(=O)(=O)O)C(F)(F)F)c(OC(=O)C23CC4CC(CC(C4)C2)C3)c1. The molecule has 0 amide bonds. The van der Waals surface area contributed by atoms with Gasteiger partial charge in [0.25, 0.3) is 10.1 Å². The molecule has 1 aromatic rings. The van der Waals surface area contributed by atoms with E-state index in [-0.39, 0.29) is 5.75 Å². The van der Waals surface area contributed by atoms with Crippen LogP contribution in [0.1, 0.15) is 54.4 Å². The first kappa shape index (κ1) is 24.0. The summed E-state index contributed by atoms with van der Waals surface area (Å²) < 4.78 is 80.3. The molecule has 33 heavy (non-hydrogen) atoms. The lowest BCUT2D eigenvalue weighted by atomic mass is 9.49. The van der Waals surface area contributed by atoms with Gasteiger partial charge in [0.05, 0.1) is 5.41 Å². The molecule has 7 nitrogen and oxygen atoms in total. The Morgan fingerprint density at radius 1 is 1.12 bits per heavy atom. The molecule has 1 N–H and O–H groups in total. The van der Waals surface area contributed by atoms with E-state index in [1.165, 1.54) is 18.2 Å². The quantitative estimate of drug-likeness (QED) is 0.364. The zero-order valence-electron chi connectivity index (χ0n) is 17.9. The molecule has 0 saturated heterocycles. The van der Waals surface area contributed by atoms with Crippen LogP contribution in [-0.4, -0.2) is 42.9 Å². The number of aryl methyl sites for hydroxylation is 1. The van der Waals surface area contributed by atoms with Crippen molar-refractivity contribution in [1.82, 2.24) is 0 Å². The van der Waals surface area contributed by atoms with E-state index < -0.39 is 51.1 Å². The number of carbonyl (C=O) groups is 2. The van der Waals surface area contributed by atoms with Crippen LogP contribution in [0.5, 0.6) is 5.75 Å². The third-order valence-corrected chi connectivity index (χ3v) is 7.73. The maximum absolute atomic E-state index is 13.3. The molecule has 4 fully saturated rings. The van der Waals surface area contributed by atoms with Crippen molar-refractivity contribution >= 4 is 22.1 Å². The highest BCUT2D eigenvalue weighted by atomic mass is 32.2. The summed E-state index contributed by atoms with van der Waals surface area (Å²) in [7, 11) is -5.08. The van der Waals surface area contributed by atoms with Crippen LogP contribution in [0, 0.1) is 30.1 Å². The van der Waals surface area contributed by atoms with E-state index in [2.05, 4.69) is 4.74 Å². The van der Waals surface area contributed by atoms with Crippen LogP contribution in [-0.2, 0) is 19.6 Å². The lowest BCUT2D eigenvalue weighted by Gasteiger charge is -2.55. The van der Waals surface area contributed by atoms with Crippen molar-refractivity contribution in [2.45, 2.75) is 57.7 Å². The number of alkyl halides is 3. The normalized spacial score (nSPS) is 29.5. The first-order valence-electron chi connectivity index (χ1n) is 10.8. The number of benzene rings is 1. The zero-order valence-corrected chi connectivity index (χ0v) is 18.7. The van der Waals surface area contributed by atoms with Crippen molar-refractivity contribution in [2.24, 2.45) is 23.2 Å². The van der Waals surface area contributed by atoms with E-state index in [9.17, 15) is 31.2 Å². The molecule has 4 saturated carbocycles. The number of hydrogen-bond acceptors (Lipinski definition) is 6. The molecule has 182 valence electrons. The van der Waals surface area contributed by atoms with Gasteiger partial charge in [-0.05, 0) is 80.9 Å². The van der Waals surface area contributed by atoms with E-state index >= 15 is 0 Å². The van der Waals surface area contributed by atoms with Gasteiger partial charge in [-0.2, -0.15) is 21.6 Å². The predicted octanol–water partition coefficient (Wildman–Crippen LogP) is 4.09. The Hall–Kier alpha value is -2.14. The molecular formula is C22H25F3O7S. The first-order valence-corrected chi connectivity index (χ1v) is 12.4. The van der Waals surface area contributed by atoms with Crippen LogP contribution in [0.2, 0.25) is 0 Å². The maximum Gasteiger partial charge on any atom is 0.426 e. The number of ether oxygens (including phenoxy) is 2. The van der Waals surface area contributed by atoms with Crippen molar-refractivity contribution < 1.29 is 45.2 Å². The second-order valence-corrected chi connectivity index (χ2v) is 11.3. The number of esters is 2. The second kappa shape index (κ2) is 8.26. The molecule has 4 bridgehead atoms. The summed E-state index contributed by atoms with van der Waals surface area (Å²) in [5.41, 5.74) is -0.479. The topological polar surface area (TPSA) is 107 Å². The van der Waals surface area contributed by atoms with Gasteiger partial charge >= 0.3 is 18.1 Å². The van der Waals surface area contributed by atoms with E-state index in [1.807, 2.05) is 0 Å². The van der Waals surface area contributed by atoms with Gasteiger partial charge in [0, 0.05) is 0 Å². The molecule has 4 aliphatic carbocycles. The monoisotopic (exact) mass is 490 g/mol. The van der Waals surface area contributed by atoms with Crippen LogP contribution >= 0.6 is 0 Å². The molecule has 1 aromatic carbocycles. The molecule has 4 aliphatic rings. The lowest BCUT2D eigenvalue weighted by Crippen LogP contribution is -2.51. The van der Waals surface area contributed by atoms with Crippen LogP contribution < -0.4 is 4.74 Å². The van der Waals surface area contributed by atoms with Crippen molar-refractivity contribution in [3.05, 3.63) is 29.3 Å². The largest absolute Gasteiger partial charge is 0.448 e. The number of hydrogen-bond donors (Lipinski definition) is 1. The van der Waals surface area contributed by atoms with Gasteiger partial charge in [-0.1, -0.05) is 6.07 Å². The minimum atomic E-state index is -5.23. The van der Waals surface area contributed by atoms with Gasteiger partial charge in [0.2, 0.25) is 6.10 Å². The summed E-state index contributed by atoms with van der Waals surface area (Å²) >= 11 is 0. The van der Waals surface area contributed by atoms with E-state index in [0.717, 1.165) is 19.3 Å². The number of halogens is 3. The summed E-state index contributed by atoms with van der Waals surface area (Å²) in [6.07, 6.45) is -2.90. The third kappa shape index (κ3) is 5.18. The zero-order chi connectivity index (χ0) is 24.2. The molecule has 0 radical (unpaired) electrons. The average Bonchev–Trinajstić information content (AvgIpc) is 2.64. The Balaban J connectivity index is 1.56. The molecule has 0 aliphatic heterocycles. The van der Waals surface area contributed by atoms with Crippen molar-refractivity contribution in [3.8, 4) is 5.75 Å². The van der Waals surface area contributed by atoms with Crippen molar-refractivity contribution in [3.63, 3.8) is 0 Å². The predicted molar refractivity (Wildman–Crippen MR) is 109 cm³/mol. The highest BCUT2D eigenvalue weighted by Crippen LogP contribution is 2.60. The minimum absolute atomic E-state index is 0.228. The molecule has 1 unspecified atom stereocenters. The molecule has 11 heteroatoms. The Kier molecular flexibility index (Phi) is 6.01. The van der Waals surface area contributed by atoms with Gasteiger partial charge in [-0.15, -0.1) is 0 Å². The van der Waals surface area contributed by atoms with E-state index in [0.29, 0.717) is 42.6 Å². The summed E-state index contributed by atoms with van der Waals surface area (Å²) in [4.78, 5) is 25.8. The Labute approximate surface area is 189 Å². The number of carbonyl (C=O) groups excluding carboxylic acids is 2. The van der Waals surface area contributed by atoms with Crippen LogP contribution in [0.25, 0.3) is 0 Å². The highest BCUT2D eigenvalue weighted by molar-refractivity contribution is 7.85. The van der Waals surface area contributed by atoms with Crippen LogP contribution in [0.15, 0.2) is 18.2 Å². The van der Waals surface area contributed by atoms with Gasteiger partial charge in [-0.3, -0.25) is 9.35 Å². The van der Waals surface area contributed by atoms with Gasteiger partial charge < -0.3 is 9.47 Å². The third-order valence-electron chi connectivity index (χ3n) is 7.01. The van der Waals surface area contributed by atoms with E-state index in [4.69, 9.17) is 9.29 Å². The first-order chi connectivity index (χ1) is 15.2. The summed E-state index contributed by atoms with van der Waals surface area (Å²) in [5, 5.41) is 0. The average molecular weight is 490 g/mol. The summed E-state index contributed by atoms with van der Waals surface area (Å²) in [6, 6.07) is 3.96. The molecular weight excluding hydrogens is 465 g/mol. The van der Waals surface area contributed by atoms with E-state index in [1.54, 1.807) is 6.92 Å². The lowest BCUT2D eigenvalue weighted by molar-refractivity contribution is -0.197. The fraction of sp³-hybridized carbons (Fsp3) is 0.636. The molecule has 1 atom stereocenters.